The van der Waals surface area contributed by atoms with Crippen LogP contribution in [0.3, 0.4) is 0 Å². The molecule has 19 heavy (non-hydrogen) atoms. The zero-order valence-electron chi connectivity index (χ0n) is 11.6. The van der Waals surface area contributed by atoms with Crippen molar-refractivity contribution in [2.24, 2.45) is 0 Å². The van der Waals surface area contributed by atoms with Crippen LogP contribution in [-0.4, -0.2) is 26.9 Å². The molecule has 4 nitrogen and oxygen atoms in total. The standard InChI is InChI=1S/C15H21NO3/c1-15(7-3-8-16-15)13-11(17-2)5-6-12-14(13)19-10-4-9-18-12/h5-6,16H,3-4,7-10H2,1-2H3. The van der Waals surface area contributed by atoms with E-state index < -0.39 is 0 Å². The van der Waals surface area contributed by atoms with Crippen molar-refractivity contribution in [1.82, 2.24) is 5.32 Å². The van der Waals surface area contributed by atoms with Gasteiger partial charge < -0.3 is 19.5 Å². The van der Waals surface area contributed by atoms with Gasteiger partial charge in [0.15, 0.2) is 11.5 Å². The quantitative estimate of drug-likeness (QED) is 0.889. The fraction of sp³-hybridized carbons (Fsp3) is 0.600. The Morgan fingerprint density at radius 3 is 2.79 bits per heavy atom. The molecule has 0 aromatic heterocycles. The molecule has 1 saturated heterocycles. The van der Waals surface area contributed by atoms with E-state index in [1.165, 1.54) is 6.42 Å². The molecule has 4 heteroatoms. The van der Waals surface area contributed by atoms with Crippen LogP contribution in [0.4, 0.5) is 0 Å². The van der Waals surface area contributed by atoms with Gasteiger partial charge in [0.25, 0.3) is 0 Å². The summed E-state index contributed by atoms with van der Waals surface area (Å²) in [4.78, 5) is 0. The van der Waals surface area contributed by atoms with Crippen molar-refractivity contribution in [2.45, 2.75) is 31.7 Å². The first kappa shape index (κ1) is 12.6. The van der Waals surface area contributed by atoms with Gasteiger partial charge in [-0.25, -0.2) is 0 Å². The first-order chi connectivity index (χ1) is 9.24. The highest BCUT2D eigenvalue weighted by atomic mass is 16.5. The van der Waals surface area contributed by atoms with Crippen LogP contribution in [0.15, 0.2) is 12.1 Å². The first-order valence-electron chi connectivity index (χ1n) is 6.97. The second-order valence-electron chi connectivity index (χ2n) is 5.38. The Hall–Kier alpha value is -1.42. The van der Waals surface area contributed by atoms with E-state index in [0.29, 0.717) is 13.2 Å². The molecule has 0 spiro atoms. The first-order valence-corrected chi connectivity index (χ1v) is 6.97. The molecule has 1 unspecified atom stereocenters. The molecule has 2 heterocycles. The van der Waals surface area contributed by atoms with E-state index in [4.69, 9.17) is 14.2 Å². The smallest absolute Gasteiger partial charge is 0.169 e. The molecular weight excluding hydrogens is 242 g/mol. The van der Waals surface area contributed by atoms with Crippen LogP contribution >= 0.6 is 0 Å². The van der Waals surface area contributed by atoms with Gasteiger partial charge in [0, 0.05) is 12.0 Å². The molecule has 0 aliphatic carbocycles. The van der Waals surface area contributed by atoms with Crippen molar-refractivity contribution in [3.63, 3.8) is 0 Å². The highest BCUT2D eigenvalue weighted by Gasteiger charge is 2.37. The van der Waals surface area contributed by atoms with Gasteiger partial charge in [-0.05, 0) is 38.4 Å². The Morgan fingerprint density at radius 1 is 1.21 bits per heavy atom. The summed E-state index contributed by atoms with van der Waals surface area (Å²) < 4.78 is 17.3. The van der Waals surface area contributed by atoms with Crippen LogP contribution in [0.5, 0.6) is 17.2 Å². The molecule has 0 radical (unpaired) electrons. The number of ether oxygens (including phenoxy) is 3. The normalized spacial score (nSPS) is 26.0. The van der Waals surface area contributed by atoms with Gasteiger partial charge in [-0.3, -0.25) is 0 Å². The van der Waals surface area contributed by atoms with Gasteiger partial charge in [-0.15, -0.1) is 0 Å². The molecule has 3 rings (SSSR count). The van der Waals surface area contributed by atoms with E-state index in [-0.39, 0.29) is 5.54 Å². The SMILES string of the molecule is COc1ccc2c(c1C1(C)CCCN1)OCCCO2. The minimum absolute atomic E-state index is 0.0929. The van der Waals surface area contributed by atoms with E-state index >= 15 is 0 Å². The number of hydrogen-bond acceptors (Lipinski definition) is 4. The minimum atomic E-state index is -0.0929. The third-order valence-electron chi connectivity index (χ3n) is 4.02. The second kappa shape index (κ2) is 4.93. The zero-order chi connectivity index (χ0) is 13.3. The van der Waals surface area contributed by atoms with Gasteiger partial charge >= 0.3 is 0 Å². The average Bonchev–Trinajstić information content (AvgIpc) is 2.73. The molecule has 1 aromatic rings. The number of fused-ring (bicyclic) bond motifs is 1. The lowest BCUT2D eigenvalue weighted by molar-refractivity contribution is 0.289. The summed E-state index contributed by atoms with van der Waals surface area (Å²) in [5, 5.41) is 3.58. The fourth-order valence-electron chi connectivity index (χ4n) is 3.02. The van der Waals surface area contributed by atoms with Crippen molar-refractivity contribution < 1.29 is 14.2 Å². The zero-order valence-corrected chi connectivity index (χ0v) is 11.6. The summed E-state index contributed by atoms with van der Waals surface area (Å²) >= 11 is 0. The molecule has 2 aliphatic heterocycles. The third-order valence-corrected chi connectivity index (χ3v) is 4.02. The molecule has 2 aliphatic rings. The number of methoxy groups -OCH3 is 1. The predicted octanol–water partition coefficient (Wildman–Crippen LogP) is 2.46. The van der Waals surface area contributed by atoms with Crippen molar-refractivity contribution >= 4 is 0 Å². The predicted molar refractivity (Wildman–Crippen MR) is 73.2 cm³/mol. The molecule has 1 N–H and O–H groups in total. The Labute approximate surface area is 114 Å². The lowest BCUT2D eigenvalue weighted by atomic mass is 9.88. The summed E-state index contributed by atoms with van der Waals surface area (Å²) in [5.41, 5.74) is 1.01. The summed E-state index contributed by atoms with van der Waals surface area (Å²) in [6.45, 7) is 4.66. The maximum absolute atomic E-state index is 5.95. The highest BCUT2D eigenvalue weighted by Crippen LogP contribution is 2.47. The summed E-state index contributed by atoms with van der Waals surface area (Å²) in [7, 11) is 1.71. The van der Waals surface area contributed by atoms with Crippen LogP contribution in [0, 0.1) is 0 Å². The van der Waals surface area contributed by atoms with E-state index in [0.717, 1.165) is 42.2 Å². The second-order valence-corrected chi connectivity index (χ2v) is 5.38. The summed E-state index contributed by atoms with van der Waals surface area (Å²) in [5.74, 6) is 2.57. The fourth-order valence-corrected chi connectivity index (χ4v) is 3.02. The molecule has 0 amide bonds. The maximum atomic E-state index is 5.95. The van der Waals surface area contributed by atoms with Gasteiger partial charge in [0.2, 0.25) is 0 Å². The molecule has 1 fully saturated rings. The van der Waals surface area contributed by atoms with Gasteiger partial charge in [0.05, 0.1) is 25.9 Å². The molecule has 1 aromatic carbocycles. The Morgan fingerprint density at radius 2 is 2.05 bits per heavy atom. The molecule has 1 atom stereocenters. The van der Waals surface area contributed by atoms with E-state index in [2.05, 4.69) is 12.2 Å². The van der Waals surface area contributed by atoms with Gasteiger partial charge in [-0.1, -0.05) is 0 Å². The highest BCUT2D eigenvalue weighted by molar-refractivity contribution is 5.57. The minimum Gasteiger partial charge on any atom is -0.496 e. The number of benzene rings is 1. The average molecular weight is 263 g/mol. The Balaban J connectivity index is 2.14. The number of rotatable bonds is 2. The van der Waals surface area contributed by atoms with Crippen LogP contribution in [0.1, 0.15) is 31.7 Å². The van der Waals surface area contributed by atoms with Crippen molar-refractivity contribution in [3.8, 4) is 17.2 Å². The summed E-state index contributed by atoms with van der Waals surface area (Å²) in [6, 6.07) is 3.93. The number of nitrogens with one attached hydrogen (secondary N) is 1. The monoisotopic (exact) mass is 263 g/mol. The molecular formula is C15H21NO3. The Bertz CT molecular complexity index is 467. The molecule has 0 bridgehead atoms. The van der Waals surface area contributed by atoms with Crippen LogP contribution < -0.4 is 19.5 Å². The summed E-state index contributed by atoms with van der Waals surface area (Å²) in [6.07, 6.45) is 3.17. The van der Waals surface area contributed by atoms with Crippen LogP contribution in [0.2, 0.25) is 0 Å². The van der Waals surface area contributed by atoms with Gasteiger partial charge in [-0.2, -0.15) is 0 Å². The lowest BCUT2D eigenvalue weighted by Crippen LogP contribution is -2.34. The topological polar surface area (TPSA) is 39.7 Å². The van der Waals surface area contributed by atoms with Crippen molar-refractivity contribution in [2.75, 3.05) is 26.9 Å². The number of hydrogen-bond donors (Lipinski definition) is 1. The molecule has 104 valence electrons. The van der Waals surface area contributed by atoms with Gasteiger partial charge in [0.1, 0.15) is 5.75 Å². The Kier molecular flexibility index (Phi) is 3.27. The van der Waals surface area contributed by atoms with Crippen molar-refractivity contribution in [3.05, 3.63) is 17.7 Å². The molecule has 0 saturated carbocycles. The maximum Gasteiger partial charge on any atom is 0.169 e. The lowest BCUT2D eigenvalue weighted by Gasteiger charge is -2.29. The third kappa shape index (κ3) is 2.14. The van der Waals surface area contributed by atoms with Crippen molar-refractivity contribution in [1.29, 1.82) is 0 Å². The van der Waals surface area contributed by atoms with E-state index in [1.54, 1.807) is 7.11 Å². The van der Waals surface area contributed by atoms with Crippen LogP contribution in [0.25, 0.3) is 0 Å². The van der Waals surface area contributed by atoms with E-state index in [1.807, 2.05) is 12.1 Å². The van der Waals surface area contributed by atoms with Crippen LogP contribution in [-0.2, 0) is 5.54 Å². The van der Waals surface area contributed by atoms with E-state index in [9.17, 15) is 0 Å². The largest absolute Gasteiger partial charge is 0.496 e.